The Kier molecular flexibility index (Phi) is 6.22. The van der Waals surface area contributed by atoms with Gasteiger partial charge in [0.2, 0.25) is 0 Å². The van der Waals surface area contributed by atoms with Gasteiger partial charge in [-0.1, -0.05) is 6.07 Å². The van der Waals surface area contributed by atoms with Gasteiger partial charge in [-0.05, 0) is 49.2 Å². The number of thiophene rings is 1. The van der Waals surface area contributed by atoms with Gasteiger partial charge in [-0.25, -0.2) is 0 Å². The van der Waals surface area contributed by atoms with Gasteiger partial charge >= 0.3 is 6.61 Å². The third-order valence-electron chi connectivity index (χ3n) is 4.63. The van der Waals surface area contributed by atoms with Crippen molar-refractivity contribution in [2.45, 2.75) is 27.0 Å². The Labute approximate surface area is 172 Å². The molecule has 0 saturated carbocycles. The highest BCUT2D eigenvalue weighted by molar-refractivity contribution is 7.15. The summed E-state index contributed by atoms with van der Waals surface area (Å²) in [6.45, 7) is 1.20. The zero-order chi connectivity index (χ0) is 21.1. The summed E-state index contributed by atoms with van der Waals surface area (Å²) in [6, 6.07) is 8.55. The zero-order valence-corrected chi connectivity index (χ0v) is 17.4. The monoisotopic (exact) mass is 420 g/mol. The summed E-state index contributed by atoms with van der Waals surface area (Å²) in [5, 5.41) is 0.860. The van der Waals surface area contributed by atoms with Crippen molar-refractivity contribution in [1.29, 1.82) is 0 Å². The van der Waals surface area contributed by atoms with Crippen molar-refractivity contribution < 1.29 is 23.0 Å². The van der Waals surface area contributed by atoms with Gasteiger partial charge in [0.05, 0.1) is 12.7 Å². The molecule has 0 fully saturated rings. The Morgan fingerprint density at radius 2 is 1.90 bits per heavy atom. The van der Waals surface area contributed by atoms with Crippen LogP contribution in [0.3, 0.4) is 0 Å². The maximum absolute atomic E-state index is 13.2. The molecule has 2 heterocycles. The molecule has 2 aromatic heterocycles. The average Bonchev–Trinajstić information content (AvgIpc) is 3.30. The van der Waals surface area contributed by atoms with Crippen molar-refractivity contribution in [3.8, 4) is 16.5 Å². The van der Waals surface area contributed by atoms with Crippen LogP contribution in [0.25, 0.3) is 5.00 Å². The van der Waals surface area contributed by atoms with Gasteiger partial charge in [0.25, 0.3) is 5.91 Å². The maximum Gasteiger partial charge on any atom is 0.387 e. The van der Waals surface area contributed by atoms with Gasteiger partial charge in [-0.3, -0.25) is 4.79 Å². The van der Waals surface area contributed by atoms with Gasteiger partial charge < -0.3 is 18.9 Å². The van der Waals surface area contributed by atoms with E-state index in [1.807, 2.05) is 42.9 Å². The van der Waals surface area contributed by atoms with Gasteiger partial charge in [-0.15, -0.1) is 11.3 Å². The van der Waals surface area contributed by atoms with Crippen molar-refractivity contribution >= 4 is 17.2 Å². The topological polar surface area (TPSA) is 43.7 Å². The Morgan fingerprint density at radius 1 is 1.21 bits per heavy atom. The van der Waals surface area contributed by atoms with Crippen LogP contribution >= 0.6 is 11.3 Å². The van der Waals surface area contributed by atoms with Crippen LogP contribution in [0.15, 0.2) is 42.7 Å². The smallest absolute Gasteiger partial charge is 0.387 e. The fraction of sp³-hybridized carbons (Fsp3) is 0.286. The van der Waals surface area contributed by atoms with Crippen LogP contribution in [0.2, 0.25) is 0 Å². The molecule has 8 heteroatoms. The van der Waals surface area contributed by atoms with Crippen molar-refractivity contribution in [2.75, 3.05) is 14.2 Å². The molecule has 0 aliphatic heterocycles. The fourth-order valence-corrected chi connectivity index (χ4v) is 4.17. The van der Waals surface area contributed by atoms with E-state index >= 15 is 0 Å². The summed E-state index contributed by atoms with van der Waals surface area (Å²) in [5.41, 5.74) is 2.24. The molecule has 0 unspecified atom stereocenters. The molecule has 1 aromatic carbocycles. The second kappa shape index (κ2) is 8.65. The van der Waals surface area contributed by atoms with E-state index in [2.05, 4.69) is 4.74 Å². The summed E-state index contributed by atoms with van der Waals surface area (Å²) in [4.78, 5) is 15.9. The molecule has 3 aromatic rings. The Bertz CT molecular complexity index is 1000. The Balaban J connectivity index is 1.87. The van der Waals surface area contributed by atoms with E-state index in [1.165, 1.54) is 13.2 Å². The van der Waals surface area contributed by atoms with E-state index in [-0.39, 0.29) is 24.0 Å². The summed E-state index contributed by atoms with van der Waals surface area (Å²) in [6.07, 6.45) is 3.80. The minimum absolute atomic E-state index is 0.0589. The number of rotatable bonds is 7. The summed E-state index contributed by atoms with van der Waals surface area (Å²) in [7, 11) is 3.07. The highest BCUT2D eigenvalue weighted by atomic mass is 32.1. The summed E-state index contributed by atoms with van der Waals surface area (Å²) in [5.74, 6) is 0.0151. The Hall–Kier alpha value is -2.87. The number of nitrogens with zero attached hydrogens (tertiary/aromatic N) is 2. The number of amides is 1. The third kappa shape index (κ3) is 4.42. The molecule has 0 bridgehead atoms. The standard InChI is InChI=1S/C21H22F2N2O3S/c1-13-14(2)29-20(25-9-5-6-10-25)18(13)19(26)24(3)12-15-7-8-16(27-4)17(11-15)28-21(22)23/h5-11,21H,12H2,1-4H3. The predicted octanol–water partition coefficient (Wildman–Crippen LogP) is 5.04. The quantitative estimate of drug-likeness (QED) is 0.538. The molecule has 29 heavy (non-hydrogen) atoms. The number of carbonyl (C=O) groups excluding carboxylic acids is 1. The highest BCUT2D eigenvalue weighted by Gasteiger charge is 2.23. The molecule has 0 spiro atoms. The minimum Gasteiger partial charge on any atom is -0.493 e. The lowest BCUT2D eigenvalue weighted by Crippen LogP contribution is -2.27. The summed E-state index contributed by atoms with van der Waals surface area (Å²) >= 11 is 1.56. The maximum atomic E-state index is 13.2. The lowest BCUT2D eigenvalue weighted by molar-refractivity contribution is -0.0512. The number of aromatic nitrogens is 1. The van der Waals surface area contributed by atoms with E-state index in [9.17, 15) is 13.6 Å². The lowest BCUT2D eigenvalue weighted by Gasteiger charge is -2.19. The number of ether oxygens (including phenoxy) is 2. The second-order valence-electron chi connectivity index (χ2n) is 6.58. The van der Waals surface area contributed by atoms with Gasteiger partial charge in [-0.2, -0.15) is 8.78 Å². The number of hydrogen-bond donors (Lipinski definition) is 0. The third-order valence-corrected chi connectivity index (χ3v) is 5.85. The average molecular weight is 420 g/mol. The van der Waals surface area contributed by atoms with E-state index in [4.69, 9.17) is 4.74 Å². The fourth-order valence-electron chi connectivity index (χ4n) is 3.06. The number of methoxy groups -OCH3 is 1. The minimum atomic E-state index is -2.96. The number of benzene rings is 1. The van der Waals surface area contributed by atoms with Crippen LogP contribution in [0, 0.1) is 13.8 Å². The molecular formula is C21H22F2N2O3S. The normalized spacial score (nSPS) is 11.0. The van der Waals surface area contributed by atoms with Crippen LogP contribution in [0.5, 0.6) is 11.5 Å². The molecule has 3 rings (SSSR count). The first-order valence-corrected chi connectivity index (χ1v) is 9.74. The zero-order valence-electron chi connectivity index (χ0n) is 16.6. The first kappa shape index (κ1) is 20.9. The lowest BCUT2D eigenvalue weighted by atomic mass is 10.1. The van der Waals surface area contributed by atoms with E-state index in [1.54, 1.807) is 35.4 Å². The molecule has 0 radical (unpaired) electrons. The number of carbonyl (C=O) groups is 1. The highest BCUT2D eigenvalue weighted by Crippen LogP contribution is 2.33. The number of halogens is 2. The number of aryl methyl sites for hydroxylation is 1. The molecule has 154 valence electrons. The van der Waals surface area contributed by atoms with Crippen LogP contribution in [0.1, 0.15) is 26.4 Å². The molecule has 0 N–H and O–H groups in total. The SMILES string of the molecule is COc1ccc(CN(C)C(=O)c2c(-n3cccc3)sc(C)c2C)cc1OC(F)F. The first-order chi connectivity index (χ1) is 13.8. The molecule has 0 saturated heterocycles. The van der Waals surface area contributed by atoms with Gasteiger partial charge in [0, 0.05) is 30.9 Å². The predicted molar refractivity (Wildman–Crippen MR) is 109 cm³/mol. The molecule has 1 amide bonds. The summed E-state index contributed by atoms with van der Waals surface area (Å²) < 4.78 is 36.8. The van der Waals surface area contributed by atoms with E-state index in [0.29, 0.717) is 11.1 Å². The van der Waals surface area contributed by atoms with Gasteiger partial charge in [0.1, 0.15) is 5.00 Å². The molecule has 0 aliphatic carbocycles. The number of hydrogen-bond acceptors (Lipinski definition) is 4. The van der Waals surface area contributed by atoms with Crippen LogP contribution in [-0.4, -0.2) is 36.1 Å². The van der Waals surface area contributed by atoms with Gasteiger partial charge in [0.15, 0.2) is 11.5 Å². The molecule has 5 nitrogen and oxygen atoms in total. The molecular weight excluding hydrogens is 398 g/mol. The Morgan fingerprint density at radius 3 is 2.52 bits per heavy atom. The van der Waals surface area contributed by atoms with Crippen molar-refractivity contribution in [2.24, 2.45) is 0 Å². The van der Waals surface area contributed by atoms with Crippen molar-refractivity contribution in [1.82, 2.24) is 9.47 Å². The van der Waals surface area contributed by atoms with E-state index in [0.717, 1.165) is 15.4 Å². The number of alkyl halides is 2. The van der Waals surface area contributed by atoms with Crippen LogP contribution < -0.4 is 9.47 Å². The van der Waals surface area contributed by atoms with E-state index < -0.39 is 6.61 Å². The molecule has 0 aliphatic rings. The van der Waals surface area contributed by atoms with Crippen molar-refractivity contribution in [3.63, 3.8) is 0 Å². The second-order valence-corrected chi connectivity index (χ2v) is 7.78. The first-order valence-electron chi connectivity index (χ1n) is 8.92. The van der Waals surface area contributed by atoms with Crippen LogP contribution in [0.4, 0.5) is 8.78 Å². The van der Waals surface area contributed by atoms with Crippen LogP contribution in [-0.2, 0) is 6.54 Å². The van der Waals surface area contributed by atoms with Crippen molar-refractivity contribution in [3.05, 3.63) is 64.3 Å². The largest absolute Gasteiger partial charge is 0.493 e. The molecule has 0 atom stereocenters.